The lowest BCUT2D eigenvalue weighted by molar-refractivity contribution is 0.348. The maximum atomic E-state index is 6.03. The zero-order chi connectivity index (χ0) is 14.1. The number of benzene rings is 1. The van der Waals surface area contributed by atoms with E-state index in [1.54, 1.807) is 4.68 Å². The van der Waals surface area contributed by atoms with Gasteiger partial charge in [0.05, 0.1) is 6.20 Å². The third kappa shape index (κ3) is 2.45. The zero-order valence-electron chi connectivity index (χ0n) is 12.3. The second kappa shape index (κ2) is 5.31. The monoisotopic (exact) mass is 269 g/mol. The van der Waals surface area contributed by atoms with Crippen LogP contribution in [0.15, 0.2) is 30.5 Å². The van der Waals surface area contributed by atoms with Crippen molar-refractivity contribution in [3.63, 3.8) is 0 Å². The summed E-state index contributed by atoms with van der Waals surface area (Å²) in [5.74, 6) is 2.37. The van der Waals surface area contributed by atoms with Gasteiger partial charge in [-0.2, -0.15) is 5.10 Å². The molecule has 106 valence electrons. The standard InChI is InChI=1S/C17H23N3/c1-12-3-5-13(6-4-12)14-7-9-15(10-8-14)16-11-19-20(2)17(16)18/h7-13H,3-6,18H2,1-2H3. The molecule has 0 amide bonds. The van der Waals surface area contributed by atoms with Gasteiger partial charge in [0.25, 0.3) is 0 Å². The summed E-state index contributed by atoms with van der Waals surface area (Å²) in [7, 11) is 1.87. The molecule has 0 spiro atoms. The number of aromatic nitrogens is 2. The Morgan fingerprint density at radius 1 is 1.10 bits per heavy atom. The summed E-state index contributed by atoms with van der Waals surface area (Å²) < 4.78 is 1.71. The van der Waals surface area contributed by atoms with E-state index in [0.29, 0.717) is 0 Å². The van der Waals surface area contributed by atoms with E-state index in [1.807, 2.05) is 13.2 Å². The predicted octanol–water partition coefficient (Wildman–Crippen LogP) is 3.96. The minimum Gasteiger partial charge on any atom is -0.383 e. The smallest absolute Gasteiger partial charge is 0.129 e. The molecular formula is C17H23N3. The molecule has 0 unspecified atom stereocenters. The number of hydrogen-bond acceptors (Lipinski definition) is 2. The molecule has 3 nitrogen and oxygen atoms in total. The summed E-state index contributed by atoms with van der Waals surface area (Å²) in [6.45, 7) is 2.37. The van der Waals surface area contributed by atoms with Gasteiger partial charge < -0.3 is 5.73 Å². The molecule has 20 heavy (non-hydrogen) atoms. The molecule has 0 aliphatic heterocycles. The molecule has 3 rings (SSSR count). The highest BCUT2D eigenvalue weighted by Gasteiger charge is 2.19. The molecule has 1 fully saturated rings. The van der Waals surface area contributed by atoms with E-state index in [1.165, 1.54) is 31.2 Å². The van der Waals surface area contributed by atoms with Crippen molar-refractivity contribution < 1.29 is 0 Å². The molecule has 0 radical (unpaired) electrons. The molecule has 0 atom stereocenters. The molecule has 1 aromatic heterocycles. The van der Waals surface area contributed by atoms with E-state index in [2.05, 4.69) is 36.3 Å². The van der Waals surface area contributed by atoms with E-state index in [9.17, 15) is 0 Å². The first-order valence-electron chi connectivity index (χ1n) is 7.53. The van der Waals surface area contributed by atoms with Crippen LogP contribution in [-0.4, -0.2) is 9.78 Å². The van der Waals surface area contributed by atoms with E-state index in [-0.39, 0.29) is 0 Å². The molecule has 0 bridgehead atoms. The van der Waals surface area contributed by atoms with Crippen molar-refractivity contribution in [3.8, 4) is 11.1 Å². The quantitative estimate of drug-likeness (QED) is 0.896. The minimum absolute atomic E-state index is 0.726. The first-order chi connectivity index (χ1) is 9.65. The number of hydrogen-bond donors (Lipinski definition) is 1. The first kappa shape index (κ1) is 13.2. The van der Waals surface area contributed by atoms with Crippen LogP contribution in [-0.2, 0) is 7.05 Å². The molecule has 3 heteroatoms. The molecule has 1 saturated carbocycles. The fourth-order valence-corrected chi connectivity index (χ4v) is 3.20. The molecule has 1 heterocycles. The lowest BCUT2D eigenvalue weighted by atomic mass is 9.79. The minimum atomic E-state index is 0.726. The number of aryl methyl sites for hydroxylation is 1. The van der Waals surface area contributed by atoms with Gasteiger partial charge in [-0.3, -0.25) is 4.68 Å². The van der Waals surface area contributed by atoms with Crippen LogP contribution in [0.5, 0.6) is 0 Å². The summed E-state index contributed by atoms with van der Waals surface area (Å²) in [6, 6.07) is 8.90. The number of nitrogen functional groups attached to an aromatic ring is 1. The van der Waals surface area contributed by atoms with Crippen molar-refractivity contribution in [2.75, 3.05) is 5.73 Å². The van der Waals surface area contributed by atoms with E-state index < -0.39 is 0 Å². The Morgan fingerprint density at radius 3 is 2.30 bits per heavy atom. The lowest BCUT2D eigenvalue weighted by Gasteiger charge is -2.26. The van der Waals surface area contributed by atoms with Crippen LogP contribution in [0.1, 0.15) is 44.1 Å². The van der Waals surface area contributed by atoms with E-state index >= 15 is 0 Å². The van der Waals surface area contributed by atoms with E-state index in [4.69, 9.17) is 5.73 Å². The molecule has 1 aliphatic rings. The molecule has 1 aliphatic carbocycles. The third-order valence-electron chi connectivity index (χ3n) is 4.69. The second-order valence-corrected chi connectivity index (χ2v) is 6.15. The largest absolute Gasteiger partial charge is 0.383 e. The Bertz CT molecular complexity index is 575. The predicted molar refractivity (Wildman–Crippen MR) is 83.4 cm³/mol. The van der Waals surface area contributed by atoms with Gasteiger partial charge >= 0.3 is 0 Å². The van der Waals surface area contributed by atoms with Crippen LogP contribution in [0.25, 0.3) is 11.1 Å². The Kier molecular flexibility index (Phi) is 3.51. The topological polar surface area (TPSA) is 43.8 Å². The average Bonchev–Trinajstić information content (AvgIpc) is 2.80. The molecule has 2 aromatic rings. The number of nitrogens with zero attached hydrogens (tertiary/aromatic N) is 2. The van der Waals surface area contributed by atoms with Gasteiger partial charge in [-0.1, -0.05) is 44.0 Å². The Morgan fingerprint density at radius 2 is 1.75 bits per heavy atom. The highest BCUT2D eigenvalue weighted by molar-refractivity contribution is 5.73. The summed E-state index contributed by atoms with van der Waals surface area (Å²) in [5.41, 5.74) is 9.69. The summed E-state index contributed by atoms with van der Waals surface area (Å²) >= 11 is 0. The molecular weight excluding hydrogens is 246 g/mol. The van der Waals surface area contributed by atoms with Crippen molar-refractivity contribution >= 4 is 5.82 Å². The summed E-state index contributed by atoms with van der Waals surface area (Å²) in [6.07, 6.45) is 7.22. The highest BCUT2D eigenvalue weighted by atomic mass is 15.3. The number of rotatable bonds is 2. The van der Waals surface area contributed by atoms with Crippen molar-refractivity contribution in [1.82, 2.24) is 9.78 Å². The van der Waals surface area contributed by atoms with Crippen LogP contribution < -0.4 is 5.73 Å². The first-order valence-corrected chi connectivity index (χ1v) is 7.53. The van der Waals surface area contributed by atoms with Crippen molar-refractivity contribution in [3.05, 3.63) is 36.0 Å². The number of anilines is 1. The molecule has 0 saturated heterocycles. The Labute approximate surface area is 120 Å². The lowest BCUT2D eigenvalue weighted by Crippen LogP contribution is -2.10. The average molecular weight is 269 g/mol. The molecule has 1 aromatic carbocycles. The molecule has 2 N–H and O–H groups in total. The van der Waals surface area contributed by atoms with E-state index in [0.717, 1.165) is 28.8 Å². The van der Waals surface area contributed by atoms with Gasteiger partial charge in [-0.25, -0.2) is 0 Å². The fourth-order valence-electron chi connectivity index (χ4n) is 3.20. The second-order valence-electron chi connectivity index (χ2n) is 6.15. The summed E-state index contributed by atoms with van der Waals surface area (Å²) in [4.78, 5) is 0. The maximum absolute atomic E-state index is 6.03. The van der Waals surface area contributed by atoms with Crippen LogP contribution in [0, 0.1) is 5.92 Å². The zero-order valence-corrected chi connectivity index (χ0v) is 12.3. The van der Waals surface area contributed by atoms with Crippen LogP contribution in [0.3, 0.4) is 0 Å². The normalized spacial score (nSPS) is 22.9. The summed E-state index contributed by atoms with van der Waals surface area (Å²) in [5, 5.41) is 4.20. The fraction of sp³-hybridized carbons (Fsp3) is 0.471. The third-order valence-corrected chi connectivity index (χ3v) is 4.69. The SMILES string of the molecule is CC1CCC(c2ccc(-c3cnn(C)c3N)cc2)CC1. The van der Waals surface area contributed by atoms with Crippen LogP contribution >= 0.6 is 0 Å². The van der Waals surface area contributed by atoms with Gasteiger partial charge in [0.15, 0.2) is 0 Å². The number of nitrogens with two attached hydrogens (primary N) is 1. The van der Waals surface area contributed by atoms with Crippen LogP contribution in [0.4, 0.5) is 5.82 Å². The van der Waals surface area contributed by atoms with Gasteiger partial charge in [0, 0.05) is 12.6 Å². The van der Waals surface area contributed by atoms with Gasteiger partial charge in [0.1, 0.15) is 5.82 Å². The Balaban J connectivity index is 1.79. The van der Waals surface area contributed by atoms with Crippen molar-refractivity contribution in [2.24, 2.45) is 13.0 Å². The highest BCUT2D eigenvalue weighted by Crippen LogP contribution is 2.36. The van der Waals surface area contributed by atoms with Crippen LogP contribution in [0.2, 0.25) is 0 Å². The van der Waals surface area contributed by atoms with Gasteiger partial charge in [-0.15, -0.1) is 0 Å². The van der Waals surface area contributed by atoms with Gasteiger partial charge in [-0.05, 0) is 35.8 Å². The van der Waals surface area contributed by atoms with Crippen molar-refractivity contribution in [2.45, 2.75) is 38.5 Å². The Hall–Kier alpha value is -1.77. The maximum Gasteiger partial charge on any atom is 0.129 e. The van der Waals surface area contributed by atoms with Gasteiger partial charge in [0.2, 0.25) is 0 Å². The van der Waals surface area contributed by atoms with Crippen molar-refractivity contribution in [1.29, 1.82) is 0 Å².